The average Bonchev–Trinajstić information content (AvgIpc) is 3.25. The average molecular weight is 339 g/mol. The van der Waals surface area contributed by atoms with Gasteiger partial charge in [0.05, 0.1) is 12.2 Å². The third-order valence-corrected chi connectivity index (χ3v) is 4.46. The van der Waals surface area contributed by atoms with Crippen LogP contribution in [0.2, 0.25) is 0 Å². The first-order valence-corrected chi connectivity index (χ1v) is 8.35. The van der Waals surface area contributed by atoms with Crippen molar-refractivity contribution in [3.05, 3.63) is 42.2 Å². The van der Waals surface area contributed by atoms with Gasteiger partial charge in [-0.05, 0) is 25.1 Å². The molecule has 1 saturated heterocycles. The number of nitrogens with zero attached hydrogens (tertiary/aromatic N) is 9. The number of piperazine rings is 1. The van der Waals surface area contributed by atoms with Gasteiger partial charge in [0.25, 0.3) is 0 Å². The van der Waals surface area contributed by atoms with E-state index in [0.29, 0.717) is 0 Å². The molecule has 0 aromatic carbocycles. The lowest BCUT2D eigenvalue weighted by atomic mass is 10.3. The first-order chi connectivity index (χ1) is 12.2. The molecular weight excluding hydrogens is 318 g/mol. The highest BCUT2D eigenvalue weighted by Crippen LogP contribution is 2.15. The summed E-state index contributed by atoms with van der Waals surface area (Å²) >= 11 is 0. The predicted molar refractivity (Wildman–Crippen MR) is 92.4 cm³/mol. The van der Waals surface area contributed by atoms with Crippen molar-refractivity contribution in [3.63, 3.8) is 0 Å². The summed E-state index contributed by atoms with van der Waals surface area (Å²) < 4.78 is 3.57. The molecular formula is C16H21N9. The zero-order valence-electron chi connectivity index (χ0n) is 14.4. The van der Waals surface area contributed by atoms with Crippen LogP contribution < -0.4 is 4.90 Å². The van der Waals surface area contributed by atoms with E-state index in [1.807, 2.05) is 43.0 Å². The molecule has 3 aromatic heterocycles. The van der Waals surface area contributed by atoms with E-state index in [1.54, 1.807) is 11.0 Å². The van der Waals surface area contributed by atoms with E-state index in [1.165, 1.54) is 0 Å². The number of anilines is 1. The van der Waals surface area contributed by atoms with Crippen LogP contribution >= 0.6 is 0 Å². The molecule has 9 heteroatoms. The van der Waals surface area contributed by atoms with Gasteiger partial charge in [-0.2, -0.15) is 10.2 Å². The largest absolute Gasteiger partial charge is 0.353 e. The fraction of sp³-hybridized carbons (Fsp3) is 0.438. The zero-order valence-corrected chi connectivity index (χ0v) is 14.4. The van der Waals surface area contributed by atoms with Crippen LogP contribution in [0.25, 0.3) is 5.82 Å². The maximum Gasteiger partial charge on any atom is 0.175 e. The monoisotopic (exact) mass is 339 g/mol. The summed E-state index contributed by atoms with van der Waals surface area (Å²) in [5, 5.41) is 17.2. The fourth-order valence-corrected chi connectivity index (χ4v) is 2.95. The van der Waals surface area contributed by atoms with Crippen LogP contribution in [0.1, 0.15) is 11.5 Å². The van der Waals surface area contributed by atoms with Gasteiger partial charge in [-0.1, -0.05) is 0 Å². The number of rotatable bonds is 4. The van der Waals surface area contributed by atoms with E-state index < -0.39 is 0 Å². The van der Waals surface area contributed by atoms with Crippen LogP contribution in [0.5, 0.6) is 0 Å². The van der Waals surface area contributed by atoms with E-state index in [4.69, 9.17) is 0 Å². The molecule has 4 rings (SSSR count). The summed E-state index contributed by atoms with van der Waals surface area (Å²) in [5.41, 5.74) is 0.963. The number of aromatic nitrogens is 7. The maximum absolute atomic E-state index is 4.37. The first-order valence-electron chi connectivity index (χ1n) is 8.35. The highest BCUT2D eigenvalue weighted by molar-refractivity contribution is 5.40. The van der Waals surface area contributed by atoms with Gasteiger partial charge in [-0.3, -0.25) is 9.58 Å². The Morgan fingerprint density at radius 3 is 2.36 bits per heavy atom. The molecule has 4 heterocycles. The van der Waals surface area contributed by atoms with Crippen molar-refractivity contribution in [3.8, 4) is 5.82 Å². The van der Waals surface area contributed by atoms with Crippen LogP contribution in [0, 0.1) is 6.92 Å². The smallest absolute Gasteiger partial charge is 0.175 e. The Balaban J connectivity index is 1.37. The molecule has 0 spiro atoms. The van der Waals surface area contributed by atoms with Crippen LogP contribution in [0.3, 0.4) is 0 Å². The molecule has 0 unspecified atom stereocenters. The second-order valence-electron chi connectivity index (χ2n) is 6.21. The molecule has 1 fully saturated rings. The second kappa shape index (κ2) is 6.60. The normalized spacial score (nSPS) is 15.7. The molecule has 0 radical (unpaired) electrons. The third kappa shape index (κ3) is 3.36. The van der Waals surface area contributed by atoms with Gasteiger partial charge in [0.2, 0.25) is 0 Å². The van der Waals surface area contributed by atoms with Gasteiger partial charge < -0.3 is 4.90 Å². The minimum absolute atomic E-state index is 0.734. The van der Waals surface area contributed by atoms with Crippen LogP contribution in [0.15, 0.2) is 30.7 Å². The summed E-state index contributed by atoms with van der Waals surface area (Å²) in [6.07, 6.45) is 3.49. The zero-order chi connectivity index (χ0) is 17.2. The summed E-state index contributed by atoms with van der Waals surface area (Å²) in [5.74, 6) is 2.64. The Morgan fingerprint density at radius 2 is 1.76 bits per heavy atom. The summed E-state index contributed by atoms with van der Waals surface area (Å²) in [6.45, 7) is 6.56. The quantitative estimate of drug-likeness (QED) is 0.681. The lowest BCUT2D eigenvalue weighted by Crippen LogP contribution is -2.46. The van der Waals surface area contributed by atoms with Crippen LogP contribution in [-0.2, 0) is 13.6 Å². The molecule has 9 nitrogen and oxygen atoms in total. The molecule has 3 aromatic rings. The highest BCUT2D eigenvalue weighted by Gasteiger charge is 2.19. The summed E-state index contributed by atoms with van der Waals surface area (Å²) in [6, 6.07) is 5.92. The molecule has 0 saturated carbocycles. The van der Waals surface area contributed by atoms with E-state index >= 15 is 0 Å². The van der Waals surface area contributed by atoms with E-state index in [9.17, 15) is 0 Å². The Labute approximate surface area is 145 Å². The first kappa shape index (κ1) is 15.7. The van der Waals surface area contributed by atoms with Gasteiger partial charge >= 0.3 is 0 Å². The molecule has 1 aliphatic rings. The van der Waals surface area contributed by atoms with Crippen molar-refractivity contribution in [1.29, 1.82) is 0 Å². The Hall–Kier alpha value is -2.81. The lowest BCUT2D eigenvalue weighted by Gasteiger charge is -2.34. The minimum atomic E-state index is 0.734. The fourth-order valence-electron chi connectivity index (χ4n) is 2.95. The van der Waals surface area contributed by atoms with Crippen molar-refractivity contribution in [2.75, 3.05) is 31.1 Å². The van der Waals surface area contributed by atoms with Crippen molar-refractivity contribution >= 4 is 5.82 Å². The Kier molecular flexibility index (Phi) is 4.14. The topological polar surface area (TPSA) is 80.8 Å². The molecule has 0 atom stereocenters. The number of hydrogen-bond donors (Lipinski definition) is 0. The SMILES string of the molecule is Cc1ccn(-c2ccc(N3CCN(Cc4ncnn4C)CC3)nn2)n1. The van der Waals surface area contributed by atoms with Gasteiger partial charge in [0, 0.05) is 39.4 Å². The second-order valence-corrected chi connectivity index (χ2v) is 6.21. The number of aryl methyl sites for hydroxylation is 2. The third-order valence-electron chi connectivity index (χ3n) is 4.46. The molecule has 130 valence electrons. The molecule has 0 bridgehead atoms. The van der Waals surface area contributed by atoms with Gasteiger partial charge in [0.15, 0.2) is 11.6 Å². The molecule has 0 aliphatic carbocycles. The van der Waals surface area contributed by atoms with Gasteiger partial charge in [-0.15, -0.1) is 10.2 Å². The minimum Gasteiger partial charge on any atom is -0.353 e. The van der Waals surface area contributed by atoms with Crippen LogP contribution in [-0.4, -0.2) is 65.8 Å². The van der Waals surface area contributed by atoms with Crippen molar-refractivity contribution in [2.45, 2.75) is 13.5 Å². The van der Waals surface area contributed by atoms with E-state index in [2.05, 4.69) is 35.2 Å². The molecule has 0 N–H and O–H groups in total. The molecule has 25 heavy (non-hydrogen) atoms. The van der Waals surface area contributed by atoms with Crippen molar-refractivity contribution in [1.82, 2.24) is 39.6 Å². The maximum atomic E-state index is 4.37. The summed E-state index contributed by atoms with van der Waals surface area (Å²) in [7, 11) is 1.93. The van der Waals surface area contributed by atoms with Crippen molar-refractivity contribution in [2.24, 2.45) is 7.05 Å². The van der Waals surface area contributed by atoms with E-state index in [0.717, 1.165) is 55.9 Å². The highest BCUT2D eigenvalue weighted by atomic mass is 15.4. The standard InChI is InChI=1S/C16H21N9/c1-13-5-6-25(21-13)15-4-3-14(19-20-15)24-9-7-23(8-10-24)11-16-17-12-18-22(16)2/h3-6,12H,7-11H2,1-2H3. The van der Waals surface area contributed by atoms with Gasteiger partial charge in [-0.25, -0.2) is 9.67 Å². The Morgan fingerprint density at radius 1 is 1.00 bits per heavy atom. The summed E-state index contributed by atoms with van der Waals surface area (Å²) in [4.78, 5) is 8.94. The van der Waals surface area contributed by atoms with Crippen molar-refractivity contribution < 1.29 is 0 Å². The molecule has 1 aliphatic heterocycles. The molecule has 0 amide bonds. The number of hydrogen-bond acceptors (Lipinski definition) is 7. The van der Waals surface area contributed by atoms with Crippen LogP contribution in [0.4, 0.5) is 5.82 Å². The lowest BCUT2D eigenvalue weighted by molar-refractivity contribution is 0.240. The Bertz CT molecular complexity index is 827. The van der Waals surface area contributed by atoms with E-state index in [-0.39, 0.29) is 0 Å². The van der Waals surface area contributed by atoms with Gasteiger partial charge in [0.1, 0.15) is 12.2 Å². The predicted octanol–water partition coefficient (Wildman–Crippen LogP) is 0.421.